The molecule has 9 nitrogen and oxygen atoms in total. The van der Waals surface area contributed by atoms with Crippen LogP contribution < -0.4 is 11.1 Å². The number of amides is 1. The third kappa shape index (κ3) is 3.58. The van der Waals surface area contributed by atoms with Crippen LogP contribution >= 0.6 is 0 Å². The molecule has 0 saturated heterocycles. The van der Waals surface area contributed by atoms with Gasteiger partial charge in [0.15, 0.2) is 5.69 Å². The van der Waals surface area contributed by atoms with E-state index in [1.807, 2.05) is 0 Å². The summed E-state index contributed by atoms with van der Waals surface area (Å²) in [6.07, 6.45) is 1.63. The van der Waals surface area contributed by atoms with Crippen molar-refractivity contribution in [3.8, 4) is 0 Å². The third-order valence-corrected chi connectivity index (χ3v) is 7.77. The minimum absolute atomic E-state index is 0.114. The van der Waals surface area contributed by atoms with Crippen LogP contribution in [0.15, 0.2) is 35.5 Å². The molecule has 0 fully saturated rings. The maximum atomic E-state index is 14.8. The number of aliphatic imine (C=N–C) groups is 1. The van der Waals surface area contributed by atoms with Crippen LogP contribution in [0.3, 0.4) is 0 Å². The molecule has 0 saturated carbocycles. The molecule has 0 bridgehead atoms. The fourth-order valence-electron chi connectivity index (χ4n) is 3.37. The summed E-state index contributed by atoms with van der Waals surface area (Å²) in [5.74, 6) is -1.16. The van der Waals surface area contributed by atoms with E-state index in [9.17, 15) is 17.6 Å². The minimum atomic E-state index is -3.81. The van der Waals surface area contributed by atoms with Gasteiger partial charge in [0.2, 0.25) is 10.0 Å². The van der Waals surface area contributed by atoms with Crippen LogP contribution in [0.2, 0.25) is 0 Å². The van der Waals surface area contributed by atoms with Crippen LogP contribution in [0.25, 0.3) is 0 Å². The van der Waals surface area contributed by atoms with Gasteiger partial charge in [-0.1, -0.05) is 0 Å². The molecule has 0 aliphatic carbocycles. The van der Waals surface area contributed by atoms with Gasteiger partial charge in [-0.3, -0.25) is 14.5 Å². The lowest BCUT2D eigenvalue weighted by Gasteiger charge is -2.29. The maximum absolute atomic E-state index is 14.8. The Balaban J connectivity index is 2.03. The standard InChI is InChI=1S/C19H25FN6O3S/c1-18(2)17(21)23-19(3,11-26(5)30(18,28)29)13-10-12(6-7-14(13)20)22-16(27)15-8-9-25(4)24-15/h6-10H,11H2,1-5H3,(H2,21,23)(H,22,27). The van der Waals surface area contributed by atoms with Gasteiger partial charge in [0.25, 0.3) is 5.91 Å². The molecule has 1 aromatic heterocycles. The Morgan fingerprint density at radius 1 is 1.23 bits per heavy atom. The van der Waals surface area contributed by atoms with Gasteiger partial charge in [-0.2, -0.15) is 5.10 Å². The summed E-state index contributed by atoms with van der Waals surface area (Å²) in [6.45, 7) is 4.41. The van der Waals surface area contributed by atoms with Crippen molar-refractivity contribution >= 4 is 27.5 Å². The predicted octanol–water partition coefficient (Wildman–Crippen LogP) is 1.44. The molecule has 30 heavy (non-hydrogen) atoms. The van der Waals surface area contributed by atoms with E-state index in [1.54, 1.807) is 26.2 Å². The van der Waals surface area contributed by atoms with Crippen LogP contribution in [0.5, 0.6) is 0 Å². The summed E-state index contributed by atoms with van der Waals surface area (Å²) < 4.78 is 41.7. The zero-order valence-corrected chi connectivity index (χ0v) is 18.3. The van der Waals surface area contributed by atoms with Gasteiger partial charge in [0.05, 0.1) is 0 Å². The molecule has 162 valence electrons. The van der Waals surface area contributed by atoms with Gasteiger partial charge in [-0.15, -0.1) is 0 Å². The highest BCUT2D eigenvalue weighted by atomic mass is 32.2. The third-order valence-electron chi connectivity index (χ3n) is 5.32. The summed E-state index contributed by atoms with van der Waals surface area (Å²) in [6, 6.07) is 5.60. The van der Waals surface area contributed by atoms with Gasteiger partial charge in [0, 0.05) is 38.1 Å². The van der Waals surface area contributed by atoms with Crippen molar-refractivity contribution in [1.29, 1.82) is 0 Å². The number of hydrogen-bond donors (Lipinski definition) is 2. The van der Waals surface area contributed by atoms with Gasteiger partial charge in [-0.05, 0) is 45.0 Å². The van der Waals surface area contributed by atoms with Crippen molar-refractivity contribution in [2.24, 2.45) is 17.8 Å². The molecule has 0 radical (unpaired) electrons. The van der Waals surface area contributed by atoms with Crippen molar-refractivity contribution in [2.45, 2.75) is 31.1 Å². The second kappa shape index (κ2) is 7.17. The molecule has 2 aromatic rings. The SMILES string of the molecule is CN1CC(C)(c2cc(NC(=O)c3ccn(C)n3)ccc2F)N=C(N)C(C)(C)S1(=O)=O. The fourth-order valence-corrected chi connectivity index (χ4v) is 4.88. The normalized spacial score (nSPS) is 23.5. The smallest absolute Gasteiger partial charge is 0.276 e. The Hall–Kier alpha value is -2.79. The zero-order valence-electron chi connectivity index (χ0n) is 17.5. The number of benzene rings is 1. The van der Waals surface area contributed by atoms with Crippen LogP contribution in [-0.4, -0.2) is 52.6 Å². The summed E-state index contributed by atoms with van der Waals surface area (Å²) >= 11 is 0. The van der Waals surface area contributed by atoms with Gasteiger partial charge >= 0.3 is 0 Å². The summed E-state index contributed by atoms with van der Waals surface area (Å²) in [5, 5.41) is 6.71. The van der Waals surface area contributed by atoms with Crippen molar-refractivity contribution in [3.63, 3.8) is 0 Å². The average Bonchev–Trinajstić information content (AvgIpc) is 3.07. The van der Waals surface area contributed by atoms with Crippen molar-refractivity contribution in [3.05, 3.63) is 47.5 Å². The van der Waals surface area contributed by atoms with Crippen LogP contribution in [-0.2, 0) is 22.6 Å². The number of amidine groups is 1. The molecule has 11 heteroatoms. The molecule has 2 heterocycles. The Bertz CT molecular complexity index is 1140. The number of nitrogens with two attached hydrogens (primary N) is 1. The number of hydrogen-bond acceptors (Lipinski definition) is 6. The number of carbonyl (C=O) groups excluding carboxylic acids is 1. The number of sulfonamides is 1. The second-order valence-electron chi connectivity index (χ2n) is 8.07. The largest absolute Gasteiger partial charge is 0.386 e. The van der Waals surface area contributed by atoms with Gasteiger partial charge < -0.3 is 11.1 Å². The first-order chi connectivity index (χ1) is 13.8. The summed E-state index contributed by atoms with van der Waals surface area (Å²) in [4.78, 5) is 16.8. The second-order valence-corrected chi connectivity index (χ2v) is 10.7. The molecule has 1 aromatic carbocycles. The molecule has 1 aliphatic heterocycles. The molecular weight excluding hydrogens is 411 g/mol. The predicted molar refractivity (Wildman–Crippen MR) is 112 cm³/mol. The molecule has 1 amide bonds. The maximum Gasteiger partial charge on any atom is 0.276 e. The van der Waals surface area contributed by atoms with E-state index in [4.69, 9.17) is 5.73 Å². The number of anilines is 1. The van der Waals surface area contributed by atoms with E-state index < -0.39 is 32.0 Å². The van der Waals surface area contributed by atoms with Crippen LogP contribution in [0.4, 0.5) is 10.1 Å². The molecule has 1 unspecified atom stereocenters. The number of likely N-dealkylation sites (N-methyl/N-ethyl adjacent to an activating group) is 1. The number of halogens is 1. The fraction of sp³-hybridized carbons (Fsp3) is 0.421. The highest BCUT2D eigenvalue weighted by molar-refractivity contribution is 7.91. The number of aromatic nitrogens is 2. The zero-order chi connectivity index (χ0) is 22.5. The van der Waals surface area contributed by atoms with E-state index in [1.165, 1.54) is 43.8 Å². The Kier molecular flexibility index (Phi) is 5.23. The molecule has 1 atom stereocenters. The van der Waals surface area contributed by atoms with E-state index in [0.29, 0.717) is 5.69 Å². The molecule has 3 rings (SSSR count). The van der Waals surface area contributed by atoms with E-state index in [0.717, 1.165) is 4.31 Å². The van der Waals surface area contributed by atoms with Crippen molar-refractivity contribution in [1.82, 2.24) is 14.1 Å². The van der Waals surface area contributed by atoms with E-state index >= 15 is 0 Å². The Morgan fingerprint density at radius 2 is 1.90 bits per heavy atom. The highest BCUT2D eigenvalue weighted by Gasteiger charge is 2.48. The lowest BCUT2D eigenvalue weighted by Crippen LogP contribution is -2.50. The quantitative estimate of drug-likeness (QED) is 0.754. The number of nitrogens with one attached hydrogen (secondary N) is 1. The Labute approximate surface area is 174 Å². The molecule has 1 aliphatic rings. The first-order valence-corrected chi connectivity index (χ1v) is 10.6. The monoisotopic (exact) mass is 436 g/mol. The first-order valence-electron chi connectivity index (χ1n) is 9.21. The van der Waals surface area contributed by atoms with Crippen LogP contribution in [0.1, 0.15) is 36.8 Å². The van der Waals surface area contributed by atoms with Crippen LogP contribution in [0, 0.1) is 5.82 Å². The molecular formula is C19H25FN6O3S. The topological polar surface area (TPSA) is 123 Å². The summed E-state index contributed by atoms with van der Waals surface area (Å²) in [5.41, 5.74) is 5.40. The number of carbonyl (C=O) groups is 1. The average molecular weight is 437 g/mol. The highest BCUT2D eigenvalue weighted by Crippen LogP contribution is 2.36. The molecule has 0 spiro atoms. The number of nitrogens with zero attached hydrogens (tertiary/aromatic N) is 4. The van der Waals surface area contributed by atoms with E-state index in [2.05, 4.69) is 15.4 Å². The van der Waals surface area contributed by atoms with E-state index in [-0.39, 0.29) is 23.6 Å². The summed E-state index contributed by atoms with van der Waals surface area (Å²) in [7, 11) is -0.706. The van der Waals surface area contributed by atoms with Crippen molar-refractivity contribution < 1.29 is 17.6 Å². The first kappa shape index (κ1) is 21.9. The number of aryl methyl sites for hydroxylation is 1. The van der Waals surface area contributed by atoms with Gasteiger partial charge in [0.1, 0.15) is 21.9 Å². The number of rotatable bonds is 3. The van der Waals surface area contributed by atoms with Crippen molar-refractivity contribution in [2.75, 3.05) is 18.9 Å². The lowest BCUT2D eigenvalue weighted by molar-refractivity contribution is 0.102. The molecule has 3 N–H and O–H groups in total. The Morgan fingerprint density at radius 3 is 2.50 bits per heavy atom. The lowest BCUT2D eigenvalue weighted by atomic mass is 9.91. The van der Waals surface area contributed by atoms with Gasteiger partial charge in [-0.25, -0.2) is 17.1 Å². The minimum Gasteiger partial charge on any atom is -0.386 e.